The van der Waals surface area contributed by atoms with Gasteiger partial charge in [0.2, 0.25) is 0 Å². The second-order valence-electron chi connectivity index (χ2n) is 7.25. The molecule has 1 aromatic heterocycles. The second-order valence-corrected chi connectivity index (χ2v) is 7.25. The molecule has 0 spiro atoms. The Kier molecular flexibility index (Phi) is 4.82. The highest BCUT2D eigenvalue weighted by Crippen LogP contribution is 2.19. The number of nitrogens with zero attached hydrogens (tertiary/aromatic N) is 1. The molecule has 1 aliphatic rings. The van der Waals surface area contributed by atoms with E-state index in [9.17, 15) is 4.79 Å². The Hall–Kier alpha value is -2.85. The molecule has 0 unspecified atom stereocenters. The third-order valence-electron chi connectivity index (χ3n) is 5.36. The lowest BCUT2D eigenvalue weighted by Gasteiger charge is -2.10. The highest BCUT2D eigenvalue weighted by molar-refractivity contribution is 5.95. The fourth-order valence-corrected chi connectivity index (χ4v) is 3.78. The first-order valence-electron chi connectivity index (χ1n) is 9.42. The fourth-order valence-electron chi connectivity index (χ4n) is 3.78. The Balaban J connectivity index is 1.46. The van der Waals surface area contributed by atoms with Gasteiger partial charge in [0.05, 0.1) is 5.56 Å². The molecule has 27 heavy (non-hydrogen) atoms. The second kappa shape index (κ2) is 7.41. The van der Waals surface area contributed by atoms with Crippen molar-refractivity contribution in [3.05, 3.63) is 93.8 Å². The summed E-state index contributed by atoms with van der Waals surface area (Å²) in [5.74, 6) is -0.0129. The van der Waals surface area contributed by atoms with Crippen LogP contribution >= 0.6 is 0 Å². The minimum Gasteiger partial charge on any atom is -0.348 e. The average Bonchev–Trinajstić information content (AvgIpc) is 3.26. The molecule has 4 nitrogen and oxygen atoms in total. The molecule has 0 atom stereocenters. The van der Waals surface area contributed by atoms with Crippen molar-refractivity contribution >= 4 is 5.91 Å². The molecule has 1 aliphatic heterocycles. The molecular weight excluding hydrogens is 334 g/mol. The zero-order valence-electron chi connectivity index (χ0n) is 15.9. The van der Waals surface area contributed by atoms with Crippen LogP contribution in [-0.4, -0.2) is 10.5 Å². The first-order chi connectivity index (χ1) is 13.1. The van der Waals surface area contributed by atoms with Crippen LogP contribution in [0.15, 0.2) is 54.6 Å². The van der Waals surface area contributed by atoms with Gasteiger partial charge in [-0.05, 0) is 42.2 Å². The maximum absolute atomic E-state index is 12.8. The molecule has 1 amide bonds. The predicted octanol–water partition coefficient (Wildman–Crippen LogP) is 3.69. The number of benzene rings is 2. The Bertz CT molecular complexity index is 973. The summed E-state index contributed by atoms with van der Waals surface area (Å²) in [4.78, 5) is 12.8. The first-order valence-corrected chi connectivity index (χ1v) is 9.42. The Morgan fingerprint density at radius 3 is 2.59 bits per heavy atom. The summed E-state index contributed by atoms with van der Waals surface area (Å²) in [6, 6.07) is 18.8. The van der Waals surface area contributed by atoms with E-state index in [0.29, 0.717) is 6.54 Å². The highest BCUT2D eigenvalue weighted by Gasteiger charge is 2.16. The number of aromatic nitrogens is 1. The van der Waals surface area contributed by atoms with Gasteiger partial charge in [0.15, 0.2) is 0 Å². The smallest absolute Gasteiger partial charge is 0.253 e. The van der Waals surface area contributed by atoms with Crippen molar-refractivity contribution in [3.63, 3.8) is 0 Å². The van der Waals surface area contributed by atoms with Gasteiger partial charge in [-0.2, -0.15) is 0 Å². The van der Waals surface area contributed by atoms with Crippen molar-refractivity contribution in [1.82, 2.24) is 15.2 Å². The van der Waals surface area contributed by atoms with Crippen LogP contribution in [0.25, 0.3) is 0 Å². The summed E-state index contributed by atoms with van der Waals surface area (Å²) >= 11 is 0. The van der Waals surface area contributed by atoms with E-state index in [1.165, 1.54) is 16.7 Å². The largest absolute Gasteiger partial charge is 0.348 e. The number of carbonyl (C=O) groups excluding carboxylic acids is 1. The molecule has 3 aromatic rings. The molecule has 0 saturated heterocycles. The molecule has 4 rings (SSSR count). The quantitative estimate of drug-likeness (QED) is 0.730. The van der Waals surface area contributed by atoms with Crippen LogP contribution in [-0.2, 0) is 26.2 Å². The molecule has 0 aliphatic carbocycles. The van der Waals surface area contributed by atoms with E-state index in [1.54, 1.807) is 0 Å². The number of hydrogen-bond donors (Lipinski definition) is 2. The molecule has 0 fully saturated rings. The molecule has 2 N–H and O–H groups in total. The number of aryl methyl sites for hydroxylation is 1. The van der Waals surface area contributed by atoms with Crippen molar-refractivity contribution < 1.29 is 4.79 Å². The minimum absolute atomic E-state index is 0.0129. The maximum Gasteiger partial charge on any atom is 0.253 e. The topological polar surface area (TPSA) is 46.1 Å². The molecule has 0 saturated carbocycles. The fraction of sp³-hybridized carbons (Fsp3) is 0.261. The van der Waals surface area contributed by atoms with E-state index < -0.39 is 0 Å². The van der Waals surface area contributed by atoms with E-state index in [4.69, 9.17) is 0 Å². The molecular formula is C23H25N3O. The summed E-state index contributed by atoms with van der Waals surface area (Å²) < 4.78 is 2.20. The van der Waals surface area contributed by atoms with Gasteiger partial charge in [0.25, 0.3) is 5.91 Å². The van der Waals surface area contributed by atoms with Crippen molar-refractivity contribution in [3.8, 4) is 0 Å². The number of amides is 1. The normalized spacial score (nSPS) is 12.8. The van der Waals surface area contributed by atoms with Gasteiger partial charge >= 0.3 is 0 Å². The highest BCUT2D eigenvalue weighted by atomic mass is 16.1. The van der Waals surface area contributed by atoms with E-state index in [1.807, 2.05) is 31.2 Å². The summed E-state index contributed by atoms with van der Waals surface area (Å²) in [6.45, 7) is 7.26. The zero-order chi connectivity index (χ0) is 18.8. The van der Waals surface area contributed by atoms with E-state index >= 15 is 0 Å². The van der Waals surface area contributed by atoms with Gasteiger partial charge in [-0.15, -0.1) is 0 Å². The number of rotatable bonds is 5. The summed E-state index contributed by atoms with van der Waals surface area (Å²) in [7, 11) is 0. The van der Waals surface area contributed by atoms with E-state index in [-0.39, 0.29) is 5.91 Å². The van der Waals surface area contributed by atoms with Gasteiger partial charge in [-0.1, -0.05) is 48.5 Å². The average molecular weight is 359 g/mol. The van der Waals surface area contributed by atoms with Crippen LogP contribution in [0.1, 0.15) is 44.0 Å². The van der Waals surface area contributed by atoms with E-state index in [2.05, 4.69) is 52.5 Å². The zero-order valence-corrected chi connectivity index (χ0v) is 15.9. The van der Waals surface area contributed by atoms with Gasteiger partial charge in [-0.3, -0.25) is 4.79 Å². The first kappa shape index (κ1) is 17.6. The lowest BCUT2D eigenvalue weighted by molar-refractivity contribution is 0.0950. The molecule has 138 valence electrons. The summed E-state index contributed by atoms with van der Waals surface area (Å²) in [5, 5.41) is 6.43. The van der Waals surface area contributed by atoms with Gasteiger partial charge in [0.1, 0.15) is 0 Å². The lowest BCUT2D eigenvalue weighted by Crippen LogP contribution is -2.23. The van der Waals surface area contributed by atoms with Crippen LogP contribution in [0.3, 0.4) is 0 Å². The Labute approximate surface area is 160 Å². The maximum atomic E-state index is 12.8. The molecule has 2 aromatic carbocycles. The van der Waals surface area contributed by atoms with Crippen molar-refractivity contribution in [2.45, 2.75) is 40.0 Å². The molecule has 4 heteroatoms. The Morgan fingerprint density at radius 1 is 1.00 bits per heavy atom. The minimum atomic E-state index is -0.0129. The van der Waals surface area contributed by atoms with Crippen molar-refractivity contribution in [1.29, 1.82) is 0 Å². The molecule has 0 bridgehead atoms. The third kappa shape index (κ3) is 3.67. The summed E-state index contributed by atoms with van der Waals surface area (Å²) in [6.07, 6.45) is 0. The monoisotopic (exact) mass is 359 g/mol. The number of fused-ring (bicyclic) bond motifs is 1. The van der Waals surface area contributed by atoms with Gasteiger partial charge < -0.3 is 15.2 Å². The Morgan fingerprint density at radius 2 is 1.78 bits per heavy atom. The lowest BCUT2D eigenvalue weighted by atomic mass is 10.1. The standard InChI is InChI=1S/C23H25N3O/c1-16-10-22(17(2)26(16)15-18-6-4-3-5-7-18)23(27)25-12-19-8-9-20-13-24-14-21(20)11-19/h3-11,24H,12-15H2,1-2H3,(H,25,27). The van der Waals surface area contributed by atoms with Gasteiger partial charge in [0, 0.05) is 37.6 Å². The number of hydrogen-bond acceptors (Lipinski definition) is 2. The van der Waals surface area contributed by atoms with Crippen LogP contribution < -0.4 is 10.6 Å². The number of carbonyl (C=O) groups is 1. The predicted molar refractivity (Wildman–Crippen MR) is 108 cm³/mol. The van der Waals surface area contributed by atoms with Crippen molar-refractivity contribution in [2.75, 3.05) is 0 Å². The van der Waals surface area contributed by atoms with Crippen molar-refractivity contribution in [2.24, 2.45) is 0 Å². The summed E-state index contributed by atoms with van der Waals surface area (Å²) in [5.41, 5.74) is 7.93. The van der Waals surface area contributed by atoms with E-state index in [0.717, 1.165) is 42.1 Å². The van der Waals surface area contributed by atoms with Crippen LogP contribution in [0.4, 0.5) is 0 Å². The SMILES string of the molecule is Cc1cc(C(=O)NCc2ccc3c(c2)CNC3)c(C)n1Cc1ccccc1. The third-order valence-corrected chi connectivity index (χ3v) is 5.36. The van der Waals surface area contributed by atoms with Crippen LogP contribution in [0, 0.1) is 13.8 Å². The number of nitrogens with one attached hydrogen (secondary N) is 2. The molecule has 0 radical (unpaired) electrons. The van der Waals surface area contributed by atoms with Crippen LogP contribution in [0.2, 0.25) is 0 Å². The molecule has 2 heterocycles. The van der Waals surface area contributed by atoms with Crippen LogP contribution in [0.5, 0.6) is 0 Å². The van der Waals surface area contributed by atoms with Gasteiger partial charge in [-0.25, -0.2) is 0 Å².